The van der Waals surface area contributed by atoms with Gasteiger partial charge in [-0.3, -0.25) is 5.01 Å². The fourth-order valence-electron chi connectivity index (χ4n) is 2.94. The second-order valence-corrected chi connectivity index (χ2v) is 6.24. The first-order valence-electron chi connectivity index (χ1n) is 8.49. The number of nitriles is 1. The lowest BCUT2D eigenvalue weighted by Gasteiger charge is -2.25. The zero-order valence-corrected chi connectivity index (χ0v) is 14.8. The molecule has 0 fully saturated rings. The van der Waals surface area contributed by atoms with Crippen LogP contribution in [0.25, 0.3) is 11.1 Å². The topological polar surface area (TPSA) is 70.9 Å². The van der Waals surface area contributed by atoms with Gasteiger partial charge < -0.3 is 4.42 Å². The maximum absolute atomic E-state index is 9.47. The second-order valence-electron chi connectivity index (χ2n) is 6.24. The van der Waals surface area contributed by atoms with Crippen molar-refractivity contribution >= 4 is 5.69 Å². The van der Waals surface area contributed by atoms with Crippen molar-refractivity contribution in [2.24, 2.45) is 0 Å². The Morgan fingerprint density at radius 3 is 2.52 bits per heavy atom. The van der Waals surface area contributed by atoms with E-state index < -0.39 is 0 Å². The number of aromatic nitrogens is 3. The average molecular weight is 355 g/mol. The molecular formula is C21H17N5O. The molecule has 0 aliphatic carbocycles. The van der Waals surface area contributed by atoms with Crippen LogP contribution in [-0.2, 0) is 6.54 Å². The van der Waals surface area contributed by atoms with Crippen molar-refractivity contribution in [2.45, 2.75) is 13.5 Å². The minimum atomic E-state index is 0.596. The molecule has 27 heavy (non-hydrogen) atoms. The van der Waals surface area contributed by atoms with Gasteiger partial charge in [0.25, 0.3) is 0 Å². The summed E-state index contributed by atoms with van der Waals surface area (Å²) in [5.74, 6) is 0. The summed E-state index contributed by atoms with van der Waals surface area (Å²) in [7, 11) is 0. The molecular weight excluding hydrogens is 338 g/mol. The standard InChI is InChI=1S/C21H17N5O/c1-16-2-4-17(5-3-16)12-26(25-14-23-24-15-25)20-7-6-18(11-22)21(10-20)19-8-9-27-13-19/h2-10,13-15H,12H2,1H3. The minimum Gasteiger partial charge on any atom is -0.472 e. The third-order valence-electron chi connectivity index (χ3n) is 4.39. The molecule has 0 radical (unpaired) electrons. The van der Waals surface area contributed by atoms with Crippen LogP contribution in [0.5, 0.6) is 0 Å². The highest BCUT2D eigenvalue weighted by atomic mass is 16.3. The van der Waals surface area contributed by atoms with E-state index in [2.05, 4.69) is 52.5 Å². The minimum absolute atomic E-state index is 0.596. The van der Waals surface area contributed by atoms with Gasteiger partial charge in [-0.1, -0.05) is 29.8 Å². The van der Waals surface area contributed by atoms with E-state index in [0.29, 0.717) is 12.1 Å². The number of nitrogens with zero attached hydrogens (tertiary/aromatic N) is 5. The average Bonchev–Trinajstić information content (AvgIpc) is 3.41. The maximum Gasteiger partial charge on any atom is 0.139 e. The van der Waals surface area contributed by atoms with Gasteiger partial charge in [0.1, 0.15) is 12.7 Å². The molecule has 0 amide bonds. The second kappa shape index (κ2) is 7.18. The highest BCUT2D eigenvalue weighted by Crippen LogP contribution is 2.29. The van der Waals surface area contributed by atoms with E-state index in [-0.39, 0.29) is 0 Å². The van der Waals surface area contributed by atoms with Crippen molar-refractivity contribution in [1.29, 1.82) is 5.26 Å². The summed E-state index contributed by atoms with van der Waals surface area (Å²) in [4.78, 5) is 0. The normalized spacial score (nSPS) is 10.5. The van der Waals surface area contributed by atoms with Gasteiger partial charge in [0.2, 0.25) is 0 Å². The molecule has 2 heterocycles. The lowest BCUT2D eigenvalue weighted by molar-refractivity contribution is 0.568. The predicted octanol–water partition coefficient (Wildman–Crippen LogP) is 4.19. The van der Waals surface area contributed by atoms with Gasteiger partial charge in [0, 0.05) is 11.1 Å². The molecule has 4 rings (SSSR count). The van der Waals surface area contributed by atoms with Crippen molar-refractivity contribution in [1.82, 2.24) is 14.9 Å². The van der Waals surface area contributed by atoms with E-state index in [1.165, 1.54) is 5.56 Å². The Kier molecular flexibility index (Phi) is 4.42. The molecule has 0 spiro atoms. The summed E-state index contributed by atoms with van der Waals surface area (Å²) in [6.45, 7) is 2.70. The first-order chi connectivity index (χ1) is 13.2. The molecule has 2 aromatic carbocycles. The van der Waals surface area contributed by atoms with E-state index in [0.717, 1.165) is 22.4 Å². The lowest BCUT2D eigenvalue weighted by atomic mass is 10.0. The third kappa shape index (κ3) is 3.44. The molecule has 0 bridgehead atoms. The molecule has 2 aromatic heterocycles. The van der Waals surface area contributed by atoms with Crippen LogP contribution in [0, 0.1) is 18.3 Å². The van der Waals surface area contributed by atoms with E-state index in [1.54, 1.807) is 25.2 Å². The highest BCUT2D eigenvalue weighted by Gasteiger charge is 2.14. The fraction of sp³-hybridized carbons (Fsp3) is 0.0952. The summed E-state index contributed by atoms with van der Waals surface area (Å²) in [5, 5.41) is 19.4. The third-order valence-corrected chi connectivity index (χ3v) is 4.39. The summed E-state index contributed by atoms with van der Waals surface area (Å²) in [6.07, 6.45) is 6.56. The van der Waals surface area contributed by atoms with Crippen LogP contribution >= 0.6 is 0 Å². The monoisotopic (exact) mass is 355 g/mol. The van der Waals surface area contributed by atoms with Crippen molar-refractivity contribution in [3.8, 4) is 17.2 Å². The SMILES string of the molecule is Cc1ccc(CN(c2ccc(C#N)c(-c3ccoc3)c2)n2cnnc2)cc1. The molecule has 6 nitrogen and oxygen atoms in total. The van der Waals surface area contributed by atoms with E-state index in [9.17, 15) is 5.26 Å². The molecule has 6 heteroatoms. The smallest absolute Gasteiger partial charge is 0.139 e. The Hall–Kier alpha value is -3.85. The van der Waals surface area contributed by atoms with Crippen molar-refractivity contribution in [2.75, 3.05) is 5.01 Å². The number of aryl methyl sites for hydroxylation is 1. The summed E-state index contributed by atoms with van der Waals surface area (Å²) >= 11 is 0. The molecule has 0 aliphatic heterocycles. The van der Waals surface area contributed by atoms with Crippen LogP contribution in [0.3, 0.4) is 0 Å². The zero-order valence-electron chi connectivity index (χ0n) is 14.8. The predicted molar refractivity (Wildman–Crippen MR) is 102 cm³/mol. The summed E-state index contributed by atoms with van der Waals surface area (Å²) in [5.41, 5.74) is 5.58. The quantitative estimate of drug-likeness (QED) is 0.537. The maximum atomic E-state index is 9.47. The first-order valence-corrected chi connectivity index (χ1v) is 8.49. The Morgan fingerprint density at radius 1 is 1.07 bits per heavy atom. The van der Waals surface area contributed by atoms with E-state index >= 15 is 0 Å². The van der Waals surface area contributed by atoms with Gasteiger partial charge in [-0.2, -0.15) is 5.26 Å². The molecule has 0 saturated carbocycles. The van der Waals surface area contributed by atoms with Crippen LogP contribution in [0.4, 0.5) is 5.69 Å². The Morgan fingerprint density at radius 2 is 1.85 bits per heavy atom. The van der Waals surface area contributed by atoms with Crippen LogP contribution in [0.2, 0.25) is 0 Å². The fourth-order valence-corrected chi connectivity index (χ4v) is 2.94. The van der Waals surface area contributed by atoms with E-state index in [4.69, 9.17) is 4.42 Å². The number of hydrogen-bond donors (Lipinski definition) is 0. The van der Waals surface area contributed by atoms with E-state index in [1.807, 2.05) is 28.9 Å². The molecule has 0 atom stereocenters. The van der Waals surface area contributed by atoms with Gasteiger partial charge in [-0.05, 0) is 36.8 Å². The van der Waals surface area contributed by atoms with Gasteiger partial charge in [0.05, 0.1) is 36.4 Å². The van der Waals surface area contributed by atoms with Gasteiger partial charge in [-0.25, -0.2) is 4.68 Å². The number of hydrogen-bond acceptors (Lipinski definition) is 5. The zero-order chi connectivity index (χ0) is 18.6. The number of furan rings is 1. The number of anilines is 1. The Labute approximate surface area is 156 Å². The van der Waals surface area contributed by atoms with Crippen LogP contribution in [0.15, 0.2) is 78.1 Å². The number of rotatable bonds is 5. The van der Waals surface area contributed by atoms with Crippen molar-refractivity contribution in [3.63, 3.8) is 0 Å². The molecule has 0 aliphatic rings. The molecule has 0 saturated heterocycles. The molecule has 132 valence electrons. The molecule has 0 N–H and O–H groups in total. The summed E-state index contributed by atoms with van der Waals surface area (Å²) in [6, 6.07) is 18.2. The van der Waals surface area contributed by atoms with Crippen molar-refractivity contribution in [3.05, 3.63) is 90.4 Å². The largest absolute Gasteiger partial charge is 0.472 e. The Balaban J connectivity index is 1.77. The lowest BCUT2D eigenvalue weighted by Crippen LogP contribution is -2.27. The van der Waals surface area contributed by atoms with Crippen LogP contribution < -0.4 is 5.01 Å². The molecule has 0 unspecified atom stereocenters. The first kappa shape index (κ1) is 16.6. The van der Waals surface area contributed by atoms with Gasteiger partial charge in [0.15, 0.2) is 0 Å². The summed E-state index contributed by atoms with van der Waals surface area (Å²) < 4.78 is 7.03. The van der Waals surface area contributed by atoms with Gasteiger partial charge >= 0.3 is 0 Å². The Bertz CT molecular complexity index is 1060. The van der Waals surface area contributed by atoms with Crippen molar-refractivity contribution < 1.29 is 4.42 Å². The van der Waals surface area contributed by atoms with Gasteiger partial charge in [-0.15, -0.1) is 10.2 Å². The van der Waals surface area contributed by atoms with Crippen LogP contribution in [0.1, 0.15) is 16.7 Å². The molecule has 4 aromatic rings. The van der Waals surface area contributed by atoms with Crippen LogP contribution in [-0.4, -0.2) is 14.9 Å². The highest BCUT2D eigenvalue weighted by molar-refractivity contribution is 5.74. The number of benzene rings is 2.